The van der Waals surface area contributed by atoms with E-state index in [1.54, 1.807) is 11.1 Å². The van der Waals surface area contributed by atoms with Crippen molar-refractivity contribution >= 4 is 5.91 Å². The summed E-state index contributed by atoms with van der Waals surface area (Å²) in [7, 11) is 1.85. The molecule has 0 N–H and O–H groups in total. The Morgan fingerprint density at radius 3 is 2.96 bits per heavy atom. The number of hydrogen-bond donors (Lipinski definition) is 0. The summed E-state index contributed by atoms with van der Waals surface area (Å²) in [6, 6.07) is 10.3. The average molecular weight is 313 g/mol. The van der Waals surface area contributed by atoms with Gasteiger partial charge in [-0.3, -0.25) is 4.79 Å². The highest BCUT2D eigenvalue weighted by molar-refractivity contribution is 5.76. The summed E-state index contributed by atoms with van der Waals surface area (Å²) in [5.41, 5.74) is 1.23. The van der Waals surface area contributed by atoms with Crippen molar-refractivity contribution in [2.24, 2.45) is 5.92 Å². The maximum Gasteiger partial charge on any atom is 0.223 e. The van der Waals surface area contributed by atoms with Gasteiger partial charge in [0.15, 0.2) is 0 Å². The third-order valence-corrected chi connectivity index (χ3v) is 4.29. The largest absolute Gasteiger partial charge is 0.381 e. The van der Waals surface area contributed by atoms with Gasteiger partial charge in [0.2, 0.25) is 5.91 Å². The van der Waals surface area contributed by atoms with Crippen LogP contribution in [-0.2, 0) is 22.6 Å². The number of rotatable bonds is 6. The minimum atomic E-state index is 0.162. The number of imidazole rings is 1. The number of ether oxygens (including phenoxy) is 1. The van der Waals surface area contributed by atoms with Gasteiger partial charge >= 0.3 is 0 Å². The molecular weight excluding hydrogens is 290 g/mol. The van der Waals surface area contributed by atoms with E-state index in [1.165, 1.54) is 5.56 Å². The van der Waals surface area contributed by atoms with Gasteiger partial charge in [-0.05, 0) is 17.9 Å². The molecule has 2 aromatic rings. The maximum absolute atomic E-state index is 12.3. The summed E-state index contributed by atoms with van der Waals surface area (Å²) in [5.74, 6) is 1.44. The van der Waals surface area contributed by atoms with Crippen LogP contribution in [0.1, 0.15) is 24.2 Å². The molecule has 0 bridgehead atoms. The van der Waals surface area contributed by atoms with E-state index < -0.39 is 0 Å². The predicted molar refractivity (Wildman–Crippen MR) is 87.8 cm³/mol. The lowest BCUT2D eigenvalue weighted by Crippen LogP contribution is -2.29. The van der Waals surface area contributed by atoms with Gasteiger partial charge in [-0.15, -0.1) is 0 Å². The van der Waals surface area contributed by atoms with E-state index in [0.29, 0.717) is 25.5 Å². The molecule has 1 aromatic heterocycles. The summed E-state index contributed by atoms with van der Waals surface area (Å²) in [4.78, 5) is 18.5. The van der Waals surface area contributed by atoms with E-state index in [1.807, 2.05) is 31.4 Å². The Bertz CT molecular complexity index is 633. The van der Waals surface area contributed by atoms with Crippen molar-refractivity contribution < 1.29 is 9.53 Å². The van der Waals surface area contributed by atoms with Crippen molar-refractivity contribution in [2.45, 2.75) is 25.9 Å². The third-order valence-electron chi connectivity index (χ3n) is 4.29. The lowest BCUT2D eigenvalue weighted by Gasteiger charge is -2.19. The minimum Gasteiger partial charge on any atom is -0.381 e. The van der Waals surface area contributed by atoms with E-state index in [-0.39, 0.29) is 5.91 Å². The second-order valence-electron chi connectivity index (χ2n) is 6.14. The number of benzene rings is 1. The molecule has 5 heteroatoms. The molecule has 1 aliphatic heterocycles. The SMILES string of the molecule is CN(Cc1nccn1Cc1ccccc1)C(=O)C[C@H]1CCOC1. The molecule has 5 nitrogen and oxygen atoms in total. The van der Waals surface area contributed by atoms with Gasteiger partial charge in [-0.2, -0.15) is 0 Å². The molecular formula is C18H23N3O2. The van der Waals surface area contributed by atoms with Crippen LogP contribution in [0.3, 0.4) is 0 Å². The zero-order valence-electron chi connectivity index (χ0n) is 13.5. The first kappa shape index (κ1) is 15.7. The van der Waals surface area contributed by atoms with Gasteiger partial charge in [0, 0.05) is 45.6 Å². The average Bonchev–Trinajstić information content (AvgIpc) is 3.21. The summed E-state index contributed by atoms with van der Waals surface area (Å²) < 4.78 is 7.44. The Hall–Kier alpha value is -2.14. The summed E-state index contributed by atoms with van der Waals surface area (Å²) in [6.07, 6.45) is 5.31. The molecule has 0 unspecified atom stereocenters. The first-order chi connectivity index (χ1) is 11.2. The number of nitrogens with zero attached hydrogens (tertiary/aromatic N) is 3. The lowest BCUT2D eigenvalue weighted by molar-refractivity contribution is -0.131. The van der Waals surface area contributed by atoms with E-state index >= 15 is 0 Å². The number of aromatic nitrogens is 2. The molecule has 122 valence electrons. The number of amides is 1. The van der Waals surface area contributed by atoms with Crippen LogP contribution in [-0.4, -0.2) is 40.6 Å². The van der Waals surface area contributed by atoms with Gasteiger partial charge in [-0.25, -0.2) is 4.98 Å². The fourth-order valence-corrected chi connectivity index (χ4v) is 2.86. The lowest BCUT2D eigenvalue weighted by atomic mass is 10.0. The van der Waals surface area contributed by atoms with Crippen molar-refractivity contribution in [3.8, 4) is 0 Å². The third kappa shape index (κ3) is 4.20. The Labute approximate surface area is 136 Å². The van der Waals surface area contributed by atoms with Crippen molar-refractivity contribution in [1.82, 2.24) is 14.5 Å². The number of carbonyl (C=O) groups excluding carboxylic acids is 1. The molecule has 2 heterocycles. The molecule has 23 heavy (non-hydrogen) atoms. The molecule has 0 spiro atoms. The van der Waals surface area contributed by atoms with E-state index in [0.717, 1.165) is 25.4 Å². The molecule has 1 saturated heterocycles. The molecule has 0 aliphatic carbocycles. The van der Waals surface area contributed by atoms with Crippen LogP contribution in [0.15, 0.2) is 42.7 Å². The van der Waals surface area contributed by atoms with Crippen LogP contribution in [0, 0.1) is 5.92 Å². The Morgan fingerprint density at radius 2 is 2.22 bits per heavy atom. The molecule has 3 rings (SSSR count). The van der Waals surface area contributed by atoms with E-state index in [9.17, 15) is 4.79 Å². The van der Waals surface area contributed by atoms with Crippen LogP contribution in [0.25, 0.3) is 0 Å². The van der Waals surface area contributed by atoms with Gasteiger partial charge < -0.3 is 14.2 Å². The monoisotopic (exact) mass is 313 g/mol. The molecule has 1 amide bonds. The topological polar surface area (TPSA) is 47.4 Å². The molecule has 1 atom stereocenters. The van der Waals surface area contributed by atoms with E-state index in [2.05, 4.69) is 21.7 Å². The smallest absolute Gasteiger partial charge is 0.223 e. The molecule has 1 aliphatic rings. The summed E-state index contributed by atoms with van der Waals surface area (Å²) in [5, 5.41) is 0. The van der Waals surface area contributed by atoms with Crippen molar-refractivity contribution in [2.75, 3.05) is 20.3 Å². The second kappa shape index (κ2) is 7.42. The Morgan fingerprint density at radius 1 is 1.39 bits per heavy atom. The Balaban J connectivity index is 1.59. The molecule has 0 radical (unpaired) electrons. The van der Waals surface area contributed by atoms with Crippen LogP contribution in [0.4, 0.5) is 0 Å². The predicted octanol–water partition coefficient (Wildman–Crippen LogP) is 2.32. The highest BCUT2D eigenvalue weighted by Crippen LogP contribution is 2.17. The van der Waals surface area contributed by atoms with Crippen LogP contribution in [0.2, 0.25) is 0 Å². The minimum absolute atomic E-state index is 0.162. The fraction of sp³-hybridized carbons (Fsp3) is 0.444. The second-order valence-corrected chi connectivity index (χ2v) is 6.14. The highest BCUT2D eigenvalue weighted by Gasteiger charge is 2.21. The van der Waals surface area contributed by atoms with Crippen LogP contribution < -0.4 is 0 Å². The van der Waals surface area contributed by atoms with Crippen molar-refractivity contribution in [3.63, 3.8) is 0 Å². The van der Waals surface area contributed by atoms with Gasteiger partial charge in [0.05, 0.1) is 6.54 Å². The summed E-state index contributed by atoms with van der Waals surface area (Å²) in [6.45, 7) is 2.80. The van der Waals surface area contributed by atoms with Gasteiger partial charge in [0.1, 0.15) is 5.82 Å². The molecule has 1 aromatic carbocycles. The van der Waals surface area contributed by atoms with Crippen LogP contribution in [0.5, 0.6) is 0 Å². The zero-order valence-corrected chi connectivity index (χ0v) is 13.5. The van der Waals surface area contributed by atoms with Crippen molar-refractivity contribution in [1.29, 1.82) is 0 Å². The fourth-order valence-electron chi connectivity index (χ4n) is 2.86. The highest BCUT2D eigenvalue weighted by atomic mass is 16.5. The maximum atomic E-state index is 12.3. The normalized spacial score (nSPS) is 17.3. The van der Waals surface area contributed by atoms with Gasteiger partial charge in [-0.1, -0.05) is 30.3 Å². The Kier molecular flexibility index (Phi) is 5.08. The quantitative estimate of drug-likeness (QED) is 0.822. The standard InChI is InChI=1S/C18H23N3O2/c1-20(18(22)11-16-7-10-23-14-16)13-17-19-8-9-21(17)12-15-5-3-2-4-6-15/h2-6,8-9,16H,7,10-14H2,1H3/t16-/m1/s1. The summed E-state index contributed by atoms with van der Waals surface area (Å²) >= 11 is 0. The van der Waals surface area contributed by atoms with Gasteiger partial charge in [0.25, 0.3) is 0 Å². The first-order valence-electron chi connectivity index (χ1n) is 8.08. The number of hydrogen-bond acceptors (Lipinski definition) is 3. The number of carbonyl (C=O) groups is 1. The first-order valence-corrected chi connectivity index (χ1v) is 8.08. The van der Waals surface area contributed by atoms with Crippen LogP contribution >= 0.6 is 0 Å². The van der Waals surface area contributed by atoms with E-state index in [4.69, 9.17) is 4.74 Å². The van der Waals surface area contributed by atoms with Crippen molar-refractivity contribution in [3.05, 3.63) is 54.1 Å². The molecule has 1 fully saturated rings. The molecule has 0 saturated carbocycles. The zero-order chi connectivity index (χ0) is 16.1.